The molecule has 0 heterocycles. The molecule has 2 aromatic rings. The molecule has 2 rings (SSSR count). The standard InChI is InChI=1S/C16H16ClNO2/c1-11-6-7-13(10-15(11)17)18-16(19)9-12-4-3-5-14(8-12)20-2/h3-8,10H,9H2,1-2H3,(H,18,19). The molecule has 0 aliphatic carbocycles. The Labute approximate surface area is 123 Å². The predicted octanol–water partition coefficient (Wildman–Crippen LogP) is 3.84. The first-order valence-corrected chi connectivity index (χ1v) is 6.65. The molecule has 1 N–H and O–H groups in total. The Morgan fingerprint density at radius 3 is 2.75 bits per heavy atom. The summed E-state index contributed by atoms with van der Waals surface area (Å²) in [5, 5.41) is 3.47. The van der Waals surface area contributed by atoms with Gasteiger partial charge >= 0.3 is 0 Å². The number of nitrogens with one attached hydrogen (secondary N) is 1. The third kappa shape index (κ3) is 3.75. The molecule has 0 atom stereocenters. The number of hydrogen-bond acceptors (Lipinski definition) is 2. The van der Waals surface area contributed by atoms with Gasteiger partial charge in [-0.2, -0.15) is 0 Å². The minimum Gasteiger partial charge on any atom is -0.497 e. The quantitative estimate of drug-likeness (QED) is 0.929. The van der Waals surface area contributed by atoms with Crippen LogP contribution >= 0.6 is 11.6 Å². The van der Waals surface area contributed by atoms with Crippen molar-refractivity contribution in [1.82, 2.24) is 0 Å². The minimum absolute atomic E-state index is 0.0850. The van der Waals surface area contributed by atoms with Crippen LogP contribution in [0, 0.1) is 6.92 Å². The van der Waals surface area contributed by atoms with E-state index in [1.54, 1.807) is 13.2 Å². The molecule has 0 aliphatic heterocycles. The lowest BCUT2D eigenvalue weighted by Crippen LogP contribution is -2.14. The molecular weight excluding hydrogens is 274 g/mol. The lowest BCUT2D eigenvalue weighted by atomic mass is 10.1. The maximum absolute atomic E-state index is 12.0. The van der Waals surface area contributed by atoms with Crippen molar-refractivity contribution < 1.29 is 9.53 Å². The molecule has 0 aliphatic rings. The van der Waals surface area contributed by atoms with E-state index in [-0.39, 0.29) is 5.91 Å². The van der Waals surface area contributed by atoms with Crippen molar-refractivity contribution >= 4 is 23.2 Å². The van der Waals surface area contributed by atoms with Gasteiger partial charge in [0.25, 0.3) is 0 Å². The first-order chi connectivity index (χ1) is 9.58. The summed E-state index contributed by atoms with van der Waals surface area (Å²) in [4.78, 5) is 12.0. The number of anilines is 1. The van der Waals surface area contributed by atoms with E-state index < -0.39 is 0 Å². The lowest BCUT2D eigenvalue weighted by Gasteiger charge is -2.08. The second-order valence-electron chi connectivity index (χ2n) is 4.54. The Morgan fingerprint density at radius 1 is 1.25 bits per heavy atom. The average molecular weight is 290 g/mol. The van der Waals surface area contributed by atoms with Crippen molar-refractivity contribution in [3.05, 3.63) is 58.6 Å². The van der Waals surface area contributed by atoms with Gasteiger partial charge in [-0.3, -0.25) is 4.79 Å². The zero-order chi connectivity index (χ0) is 14.5. The molecule has 3 nitrogen and oxygen atoms in total. The van der Waals surface area contributed by atoms with Crippen molar-refractivity contribution in [2.75, 3.05) is 12.4 Å². The van der Waals surface area contributed by atoms with Gasteiger partial charge < -0.3 is 10.1 Å². The summed E-state index contributed by atoms with van der Waals surface area (Å²) >= 11 is 6.03. The summed E-state index contributed by atoms with van der Waals surface area (Å²) in [7, 11) is 1.60. The average Bonchev–Trinajstić information content (AvgIpc) is 2.43. The second-order valence-corrected chi connectivity index (χ2v) is 4.95. The van der Waals surface area contributed by atoms with Crippen molar-refractivity contribution in [3.63, 3.8) is 0 Å². The molecule has 0 fully saturated rings. The molecular formula is C16H16ClNO2. The van der Waals surface area contributed by atoms with Gasteiger partial charge in [0.05, 0.1) is 13.5 Å². The van der Waals surface area contributed by atoms with E-state index in [4.69, 9.17) is 16.3 Å². The van der Waals surface area contributed by atoms with E-state index in [1.807, 2.05) is 43.3 Å². The van der Waals surface area contributed by atoms with Crippen LogP contribution in [0.4, 0.5) is 5.69 Å². The van der Waals surface area contributed by atoms with Crippen LogP contribution in [0.25, 0.3) is 0 Å². The topological polar surface area (TPSA) is 38.3 Å². The summed E-state index contributed by atoms with van der Waals surface area (Å²) in [6.45, 7) is 1.92. The number of methoxy groups -OCH3 is 1. The molecule has 4 heteroatoms. The second kappa shape index (κ2) is 6.44. The van der Waals surface area contributed by atoms with Crippen LogP contribution < -0.4 is 10.1 Å². The van der Waals surface area contributed by atoms with E-state index in [9.17, 15) is 4.79 Å². The van der Waals surface area contributed by atoms with E-state index in [1.165, 1.54) is 0 Å². The van der Waals surface area contributed by atoms with Crippen LogP contribution in [0.2, 0.25) is 5.02 Å². The van der Waals surface area contributed by atoms with Gasteiger partial charge in [-0.1, -0.05) is 29.8 Å². The summed E-state index contributed by atoms with van der Waals surface area (Å²) in [5.41, 5.74) is 2.59. The monoisotopic (exact) mass is 289 g/mol. The molecule has 1 amide bonds. The number of aryl methyl sites for hydroxylation is 1. The minimum atomic E-state index is -0.0850. The number of benzene rings is 2. The molecule has 0 unspecified atom stereocenters. The van der Waals surface area contributed by atoms with E-state index in [0.717, 1.165) is 16.9 Å². The highest BCUT2D eigenvalue weighted by molar-refractivity contribution is 6.31. The molecule has 104 valence electrons. The first-order valence-electron chi connectivity index (χ1n) is 6.27. The molecule has 0 spiro atoms. The van der Waals surface area contributed by atoms with Crippen molar-refractivity contribution in [3.8, 4) is 5.75 Å². The van der Waals surface area contributed by atoms with Crippen molar-refractivity contribution in [2.24, 2.45) is 0 Å². The van der Waals surface area contributed by atoms with Gasteiger partial charge in [0.15, 0.2) is 0 Å². The highest BCUT2D eigenvalue weighted by Crippen LogP contribution is 2.20. The van der Waals surface area contributed by atoms with Gasteiger partial charge in [-0.25, -0.2) is 0 Å². The number of rotatable bonds is 4. The molecule has 0 bridgehead atoms. The lowest BCUT2D eigenvalue weighted by molar-refractivity contribution is -0.115. The van der Waals surface area contributed by atoms with Crippen molar-refractivity contribution in [1.29, 1.82) is 0 Å². The number of hydrogen-bond donors (Lipinski definition) is 1. The Balaban J connectivity index is 2.03. The van der Waals surface area contributed by atoms with Gasteiger partial charge in [0.1, 0.15) is 5.75 Å². The first kappa shape index (κ1) is 14.4. The fourth-order valence-corrected chi connectivity index (χ4v) is 2.02. The number of carbonyl (C=O) groups excluding carboxylic acids is 1. The van der Waals surface area contributed by atoms with Crippen LogP contribution in [-0.2, 0) is 11.2 Å². The Bertz CT molecular complexity index is 626. The molecule has 2 aromatic carbocycles. The maximum Gasteiger partial charge on any atom is 0.228 e. The van der Waals surface area contributed by atoms with Crippen LogP contribution in [0.5, 0.6) is 5.75 Å². The normalized spacial score (nSPS) is 10.2. The largest absolute Gasteiger partial charge is 0.497 e. The third-order valence-electron chi connectivity index (χ3n) is 2.95. The maximum atomic E-state index is 12.0. The Hall–Kier alpha value is -2.00. The van der Waals surface area contributed by atoms with Crippen LogP contribution in [-0.4, -0.2) is 13.0 Å². The van der Waals surface area contributed by atoms with E-state index >= 15 is 0 Å². The van der Waals surface area contributed by atoms with E-state index in [2.05, 4.69) is 5.32 Å². The number of carbonyl (C=O) groups is 1. The van der Waals surface area contributed by atoms with Crippen molar-refractivity contribution in [2.45, 2.75) is 13.3 Å². The van der Waals surface area contributed by atoms with Gasteiger partial charge in [0, 0.05) is 10.7 Å². The summed E-state index contributed by atoms with van der Waals surface area (Å²) in [5.74, 6) is 0.659. The molecule has 20 heavy (non-hydrogen) atoms. The van der Waals surface area contributed by atoms with Crippen LogP contribution in [0.1, 0.15) is 11.1 Å². The summed E-state index contributed by atoms with van der Waals surface area (Å²) in [6, 6.07) is 12.9. The highest BCUT2D eigenvalue weighted by atomic mass is 35.5. The molecule has 0 aromatic heterocycles. The predicted molar refractivity (Wildman–Crippen MR) is 81.5 cm³/mol. The molecule has 0 saturated carbocycles. The van der Waals surface area contributed by atoms with E-state index in [0.29, 0.717) is 17.1 Å². The SMILES string of the molecule is COc1cccc(CC(=O)Nc2ccc(C)c(Cl)c2)c1. The van der Waals surface area contributed by atoms with Gasteiger partial charge in [-0.15, -0.1) is 0 Å². The summed E-state index contributed by atoms with van der Waals surface area (Å²) in [6.07, 6.45) is 0.294. The number of amides is 1. The van der Waals surface area contributed by atoms with Gasteiger partial charge in [-0.05, 0) is 42.3 Å². The zero-order valence-electron chi connectivity index (χ0n) is 11.4. The third-order valence-corrected chi connectivity index (χ3v) is 3.36. The highest BCUT2D eigenvalue weighted by Gasteiger charge is 2.06. The van der Waals surface area contributed by atoms with Crippen LogP contribution in [0.15, 0.2) is 42.5 Å². The zero-order valence-corrected chi connectivity index (χ0v) is 12.2. The Morgan fingerprint density at radius 2 is 2.05 bits per heavy atom. The smallest absolute Gasteiger partial charge is 0.228 e. The number of ether oxygens (including phenoxy) is 1. The fourth-order valence-electron chi connectivity index (χ4n) is 1.84. The van der Waals surface area contributed by atoms with Gasteiger partial charge in [0.2, 0.25) is 5.91 Å². The fraction of sp³-hybridized carbons (Fsp3) is 0.188. The molecule has 0 radical (unpaired) electrons. The van der Waals surface area contributed by atoms with Crippen LogP contribution in [0.3, 0.4) is 0 Å². The Kier molecular flexibility index (Phi) is 4.64. The summed E-state index contributed by atoms with van der Waals surface area (Å²) < 4.78 is 5.13. The molecule has 0 saturated heterocycles. The number of halogens is 1.